The number of nitrogen functional groups attached to an aromatic ring is 1. The molecule has 7 heteroatoms. The van der Waals surface area contributed by atoms with Gasteiger partial charge in [-0.15, -0.1) is 0 Å². The van der Waals surface area contributed by atoms with Gasteiger partial charge in [-0.2, -0.15) is 9.78 Å². The molecule has 23 heavy (non-hydrogen) atoms. The largest absolute Gasteiger partial charge is 0.497 e. The third kappa shape index (κ3) is 2.99. The monoisotopic (exact) mass is 334 g/mol. The number of rotatable bonds is 3. The third-order valence-electron chi connectivity index (χ3n) is 4.03. The smallest absolute Gasteiger partial charge is 0.296 e. The maximum Gasteiger partial charge on any atom is 0.296 e. The van der Waals surface area contributed by atoms with Crippen LogP contribution in [0, 0.1) is 0 Å². The second kappa shape index (κ2) is 6.50. The topological polar surface area (TPSA) is 73.4 Å². The molecular formula is C16H19ClN4O2. The minimum absolute atomic E-state index is 0.134. The van der Waals surface area contributed by atoms with Gasteiger partial charge in [-0.1, -0.05) is 17.7 Å². The van der Waals surface area contributed by atoms with Gasteiger partial charge in [0.2, 0.25) is 0 Å². The predicted octanol–water partition coefficient (Wildman–Crippen LogP) is 2.47. The second-order valence-corrected chi connectivity index (χ2v) is 5.88. The van der Waals surface area contributed by atoms with E-state index in [1.165, 1.54) is 11.1 Å². The summed E-state index contributed by atoms with van der Waals surface area (Å²) in [6.45, 7) is 1.68. The molecule has 1 aliphatic heterocycles. The van der Waals surface area contributed by atoms with Crippen LogP contribution in [0.25, 0.3) is 5.69 Å². The van der Waals surface area contributed by atoms with E-state index in [0.717, 1.165) is 25.9 Å². The van der Waals surface area contributed by atoms with Gasteiger partial charge >= 0.3 is 0 Å². The van der Waals surface area contributed by atoms with E-state index in [1.54, 1.807) is 31.4 Å². The lowest BCUT2D eigenvalue weighted by Crippen LogP contribution is -2.34. The van der Waals surface area contributed by atoms with E-state index in [9.17, 15) is 4.79 Å². The Morgan fingerprint density at radius 1 is 1.26 bits per heavy atom. The number of anilines is 2. The third-order valence-corrected chi connectivity index (χ3v) is 4.29. The van der Waals surface area contributed by atoms with Crippen molar-refractivity contribution in [2.75, 3.05) is 30.8 Å². The molecule has 6 nitrogen and oxygen atoms in total. The number of nitrogens with two attached hydrogens (primary N) is 1. The molecule has 0 unspecified atom stereocenters. The Kier molecular flexibility index (Phi) is 4.43. The van der Waals surface area contributed by atoms with Crippen LogP contribution in [0.3, 0.4) is 0 Å². The molecule has 0 aliphatic carbocycles. The fraction of sp³-hybridized carbons (Fsp3) is 0.375. The maximum absolute atomic E-state index is 12.6. The number of methoxy groups -OCH3 is 1. The summed E-state index contributed by atoms with van der Waals surface area (Å²) in [6.07, 6.45) is 3.31. The lowest BCUT2D eigenvalue weighted by Gasteiger charge is -2.30. The van der Waals surface area contributed by atoms with Gasteiger partial charge in [-0.3, -0.25) is 4.79 Å². The zero-order chi connectivity index (χ0) is 16.4. The molecule has 1 saturated heterocycles. The van der Waals surface area contributed by atoms with Crippen molar-refractivity contribution in [3.8, 4) is 11.4 Å². The van der Waals surface area contributed by atoms with Crippen molar-refractivity contribution in [1.29, 1.82) is 0 Å². The average Bonchev–Trinajstić information content (AvgIpc) is 2.59. The SMILES string of the molecule is COc1cccc(-n2nc(Cl)c(N3CCCCC3)c(N)c2=O)c1. The summed E-state index contributed by atoms with van der Waals surface area (Å²) in [7, 11) is 1.57. The van der Waals surface area contributed by atoms with Crippen molar-refractivity contribution < 1.29 is 4.74 Å². The van der Waals surface area contributed by atoms with Crippen LogP contribution < -0.4 is 20.9 Å². The Morgan fingerprint density at radius 3 is 2.70 bits per heavy atom. The van der Waals surface area contributed by atoms with Crippen LogP contribution in [0.1, 0.15) is 19.3 Å². The van der Waals surface area contributed by atoms with E-state index in [2.05, 4.69) is 5.10 Å². The number of halogens is 1. The number of nitrogens with zero attached hydrogens (tertiary/aromatic N) is 3. The van der Waals surface area contributed by atoms with Crippen LogP contribution in [0.15, 0.2) is 29.1 Å². The first-order chi connectivity index (χ1) is 11.1. The summed E-state index contributed by atoms with van der Waals surface area (Å²) < 4.78 is 6.40. The number of hydrogen-bond acceptors (Lipinski definition) is 5. The zero-order valence-corrected chi connectivity index (χ0v) is 13.7. The van der Waals surface area contributed by atoms with Gasteiger partial charge in [0.25, 0.3) is 5.56 Å². The van der Waals surface area contributed by atoms with Crippen LogP contribution in [-0.4, -0.2) is 30.0 Å². The summed E-state index contributed by atoms with van der Waals surface area (Å²) in [5.41, 5.74) is 6.97. The standard InChI is InChI=1S/C16H19ClN4O2/c1-23-12-7-5-6-11(10-12)21-16(22)13(18)14(15(17)19-21)20-8-3-2-4-9-20/h5-7,10H,2-4,8-9,18H2,1H3. The van der Waals surface area contributed by atoms with Crippen LogP contribution in [0.5, 0.6) is 5.75 Å². The highest BCUT2D eigenvalue weighted by molar-refractivity contribution is 6.32. The normalized spacial score (nSPS) is 14.8. The van der Waals surface area contributed by atoms with Crippen molar-refractivity contribution in [1.82, 2.24) is 9.78 Å². The lowest BCUT2D eigenvalue weighted by atomic mass is 10.1. The maximum atomic E-state index is 12.6. The molecule has 1 aliphatic rings. The molecule has 0 spiro atoms. The number of piperidine rings is 1. The number of ether oxygens (including phenoxy) is 1. The number of hydrogen-bond donors (Lipinski definition) is 1. The lowest BCUT2D eigenvalue weighted by molar-refractivity contribution is 0.414. The second-order valence-electron chi connectivity index (χ2n) is 5.52. The molecular weight excluding hydrogens is 316 g/mol. The van der Waals surface area contributed by atoms with Crippen molar-refractivity contribution in [3.05, 3.63) is 39.8 Å². The van der Waals surface area contributed by atoms with E-state index in [1.807, 2.05) is 4.90 Å². The van der Waals surface area contributed by atoms with Crippen LogP contribution in [0.4, 0.5) is 11.4 Å². The highest BCUT2D eigenvalue weighted by atomic mass is 35.5. The minimum Gasteiger partial charge on any atom is -0.497 e. The molecule has 2 heterocycles. The quantitative estimate of drug-likeness (QED) is 0.933. The molecule has 1 aromatic heterocycles. The Balaban J connectivity index is 2.08. The molecule has 0 radical (unpaired) electrons. The number of aromatic nitrogens is 2. The van der Waals surface area contributed by atoms with Crippen LogP contribution >= 0.6 is 11.6 Å². The highest BCUT2D eigenvalue weighted by Gasteiger charge is 2.22. The van der Waals surface area contributed by atoms with Gasteiger partial charge in [0, 0.05) is 19.2 Å². The summed E-state index contributed by atoms with van der Waals surface area (Å²) >= 11 is 6.34. The van der Waals surface area contributed by atoms with Gasteiger partial charge in [-0.25, -0.2) is 0 Å². The van der Waals surface area contributed by atoms with E-state index in [0.29, 0.717) is 17.1 Å². The molecule has 0 bridgehead atoms. The molecule has 0 amide bonds. The molecule has 3 rings (SSSR count). The molecule has 0 atom stereocenters. The highest BCUT2D eigenvalue weighted by Crippen LogP contribution is 2.30. The molecule has 1 fully saturated rings. The minimum atomic E-state index is -0.372. The van der Waals surface area contributed by atoms with E-state index < -0.39 is 0 Å². The molecule has 0 saturated carbocycles. The Hall–Kier alpha value is -2.21. The Morgan fingerprint density at radius 2 is 2.00 bits per heavy atom. The summed E-state index contributed by atoms with van der Waals surface area (Å²) in [6, 6.07) is 7.05. The summed E-state index contributed by atoms with van der Waals surface area (Å²) in [4.78, 5) is 14.7. The molecule has 1 aromatic carbocycles. The van der Waals surface area contributed by atoms with Crippen LogP contribution in [0.2, 0.25) is 5.15 Å². The van der Waals surface area contributed by atoms with E-state index >= 15 is 0 Å². The Labute approximate surface area is 139 Å². The molecule has 2 aromatic rings. The predicted molar refractivity (Wildman–Crippen MR) is 91.9 cm³/mol. The van der Waals surface area contributed by atoms with Gasteiger partial charge in [0.15, 0.2) is 5.15 Å². The van der Waals surface area contributed by atoms with Crippen molar-refractivity contribution in [2.45, 2.75) is 19.3 Å². The molecule has 2 N–H and O–H groups in total. The number of benzene rings is 1. The fourth-order valence-corrected chi connectivity index (χ4v) is 3.14. The fourth-order valence-electron chi connectivity index (χ4n) is 2.84. The van der Waals surface area contributed by atoms with Crippen molar-refractivity contribution in [3.63, 3.8) is 0 Å². The van der Waals surface area contributed by atoms with E-state index in [-0.39, 0.29) is 16.4 Å². The summed E-state index contributed by atoms with van der Waals surface area (Å²) in [5.74, 6) is 0.631. The van der Waals surface area contributed by atoms with Crippen molar-refractivity contribution in [2.24, 2.45) is 0 Å². The first-order valence-electron chi connectivity index (χ1n) is 7.59. The molecule has 122 valence electrons. The van der Waals surface area contributed by atoms with Crippen LogP contribution in [-0.2, 0) is 0 Å². The summed E-state index contributed by atoms with van der Waals surface area (Å²) in [5, 5.41) is 4.49. The first-order valence-corrected chi connectivity index (χ1v) is 7.97. The first kappa shape index (κ1) is 15.7. The Bertz CT molecular complexity index is 769. The van der Waals surface area contributed by atoms with Gasteiger partial charge in [0.1, 0.15) is 17.1 Å². The zero-order valence-electron chi connectivity index (χ0n) is 13.0. The van der Waals surface area contributed by atoms with Gasteiger partial charge < -0.3 is 15.4 Å². The average molecular weight is 335 g/mol. The van der Waals surface area contributed by atoms with Crippen molar-refractivity contribution >= 4 is 23.0 Å². The van der Waals surface area contributed by atoms with E-state index in [4.69, 9.17) is 22.1 Å². The van der Waals surface area contributed by atoms with Gasteiger partial charge in [-0.05, 0) is 31.4 Å². The van der Waals surface area contributed by atoms with Gasteiger partial charge in [0.05, 0.1) is 12.8 Å².